The molecule has 136 valence electrons. The lowest BCUT2D eigenvalue weighted by molar-refractivity contribution is -0.121. The Bertz CT molecular complexity index is 791. The summed E-state index contributed by atoms with van der Waals surface area (Å²) in [6.45, 7) is 2.93. The van der Waals surface area contributed by atoms with Crippen molar-refractivity contribution >= 4 is 27.5 Å². The Morgan fingerprint density at radius 3 is 2.38 bits per heavy atom. The Kier molecular flexibility index (Phi) is 5.13. The van der Waals surface area contributed by atoms with Gasteiger partial charge in [0.05, 0.1) is 5.69 Å². The van der Waals surface area contributed by atoms with Crippen LogP contribution < -0.4 is 14.8 Å². The van der Waals surface area contributed by atoms with Crippen LogP contribution in [0.2, 0.25) is 0 Å². The molecule has 1 fully saturated rings. The number of fused-ring (bicyclic) bond motifs is 1. The van der Waals surface area contributed by atoms with Gasteiger partial charge < -0.3 is 14.8 Å². The van der Waals surface area contributed by atoms with E-state index in [2.05, 4.69) is 26.1 Å². The number of hydrogen-bond donors (Lipinski definition) is 1. The summed E-state index contributed by atoms with van der Waals surface area (Å²) in [5, 5.41) is 3.07. The molecule has 0 radical (unpaired) electrons. The molecule has 0 aliphatic carbocycles. The summed E-state index contributed by atoms with van der Waals surface area (Å²) >= 11 is 3.53. The molecule has 2 heterocycles. The number of nitrogens with one attached hydrogen (secondary N) is 1. The lowest BCUT2D eigenvalue weighted by Gasteiger charge is -2.27. The van der Waals surface area contributed by atoms with Gasteiger partial charge in [-0.1, -0.05) is 30.3 Å². The van der Waals surface area contributed by atoms with Gasteiger partial charge in [0, 0.05) is 16.6 Å². The maximum absolute atomic E-state index is 13.2. The summed E-state index contributed by atoms with van der Waals surface area (Å²) < 4.78 is 12.0. The predicted molar refractivity (Wildman–Crippen MR) is 104 cm³/mol. The van der Waals surface area contributed by atoms with E-state index in [0.717, 1.165) is 36.0 Å². The zero-order chi connectivity index (χ0) is 17.9. The first kappa shape index (κ1) is 17.4. The molecule has 5 nitrogen and oxygen atoms in total. The lowest BCUT2D eigenvalue weighted by atomic mass is 10.0. The molecule has 0 spiro atoms. The number of benzene rings is 2. The molecule has 0 aromatic heterocycles. The van der Waals surface area contributed by atoms with Crippen molar-refractivity contribution in [2.24, 2.45) is 0 Å². The van der Waals surface area contributed by atoms with E-state index in [4.69, 9.17) is 9.47 Å². The highest BCUT2D eigenvalue weighted by molar-refractivity contribution is 9.10. The van der Waals surface area contributed by atoms with Crippen molar-refractivity contribution in [1.82, 2.24) is 4.90 Å². The summed E-state index contributed by atoms with van der Waals surface area (Å²) in [4.78, 5) is 15.4. The molecule has 6 heteroatoms. The van der Waals surface area contributed by atoms with Gasteiger partial charge in [0.15, 0.2) is 11.5 Å². The van der Waals surface area contributed by atoms with Gasteiger partial charge in [0.2, 0.25) is 5.91 Å². The summed E-state index contributed by atoms with van der Waals surface area (Å²) in [6, 6.07) is 13.3. The Hall–Kier alpha value is -2.05. The van der Waals surface area contributed by atoms with Crippen molar-refractivity contribution in [2.75, 3.05) is 31.6 Å². The molecule has 4 rings (SSSR count). The highest BCUT2D eigenvalue weighted by atomic mass is 79.9. The predicted octanol–water partition coefficient (Wildman–Crippen LogP) is 4.00. The van der Waals surface area contributed by atoms with Crippen LogP contribution in [0.4, 0.5) is 5.69 Å². The second kappa shape index (κ2) is 7.68. The number of carbonyl (C=O) groups is 1. The first-order valence-electron chi connectivity index (χ1n) is 8.91. The smallest absolute Gasteiger partial charge is 0.246 e. The van der Waals surface area contributed by atoms with E-state index in [1.54, 1.807) is 0 Å². The molecule has 0 saturated carbocycles. The third-order valence-corrected chi connectivity index (χ3v) is 5.42. The fourth-order valence-electron chi connectivity index (χ4n) is 3.52. The van der Waals surface area contributed by atoms with Crippen molar-refractivity contribution in [1.29, 1.82) is 0 Å². The van der Waals surface area contributed by atoms with Crippen LogP contribution in [-0.4, -0.2) is 37.1 Å². The number of carbonyl (C=O) groups excluding carboxylic acids is 1. The maximum Gasteiger partial charge on any atom is 0.246 e. The van der Waals surface area contributed by atoms with E-state index < -0.39 is 0 Å². The molecule has 2 aromatic rings. The summed E-state index contributed by atoms with van der Waals surface area (Å²) in [6.07, 6.45) is 2.26. The lowest BCUT2D eigenvalue weighted by Crippen LogP contribution is -2.35. The van der Waals surface area contributed by atoms with E-state index in [9.17, 15) is 4.79 Å². The minimum atomic E-state index is -0.293. The molecule has 2 aromatic carbocycles. The second-order valence-electron chi connectivity index (χ2n) is 6.52. The number of likely N-dealkylation sites (tertiary alicyclic amines) is 1. The fourth-order valence-corrected chi connectivity index (χ4v) is 3.95. The number of nitrogens with zero attached hydrogens (tertiary/aromatic N) is 1. The first-order valence-corrected chi connectivity index (χ1v) is 9.71. The third-order valence-electron chi connectivity index (χ3n) is 4.76. The van der Waals surface area contributed by atoms with E-state index in [-0.39, 0.29) is 11.9 Å². The van der Waals surface area contributed by atoms with Crippen molar-refractivity contribution in [3.63, 3.8) is 0 Å². The highest BCUT2D eigenvalue weighted by Gasteiger charge is 2.30. The van der Waals surface area contributed by atoms with E-state index >= 15 is 0 Å². The zero-order valence-corrected chi connectivity index (χ0v) is 16.0. The number of ether oxygens (including phenoxy) is 2. The average molecular weight is 417 g/mol. The monoisotopic (exact) mass is 416 g/mol. The van der Waals surface area contributed by atoms with Gasteiger partial charge in [0.1, 0.15) is 19.3 Å². The van der Waals surface area contributed by atoms with Gasteiger partial charge in [-0.15, -0.1) is 0 Å². The minimum absolute atomic E-state index is 0.0320. The number of halogens is 1. The van der Waals surface area contributed by atoms with Crippen LogP contribution in [0.1, 0.15) is 24.4 Å². The maximum atomic E-state index is 13.2. The normalized spacial score (nSPS) is 17.7. The standard InChI is InChI=1S/C20H21BrN2O3/c21-15-12-17-18(26-11-10-25-17)13-16(15)22-20(24)19(23-8-4-5-9-23)14-6-2-1-3-7-14/h1-3,6-7,12-13,19H,4-5,8-11H2,(H,22,24). The van der Waals surface area contributed by atoms with Crippen LogP contribution in [0, 0.1) is 0 Å². The van der Waals surface area contributed by atoms with Gasteiger partial charge in [-0.2, -0.15) is 0 Å². The average Bonchev–Trinajstić information content (AvgIpc) is 3.17. The number of hydrogen-bond acceptors (Lipinski definition) is 4. The van der Waals surface area contributed by atoms with Crippen LogP contribution in [0.3, 0.4) is 0 Å². The summed E-state index contributed by atoms with van der Waals surface area (Å²) in [5.74, 6) is 1.32. The number of anilines is 1. The van der Waals surface area contributed by atoms with Crippen molar-refractivity contribution in [2.45, 2.75) is 18.9 Å². The topological polar surface area (TPSA) is 50.8 Å². The molecular formula is C20H21BrN2O3. The molecule has 1 amide bonds. The van der Waals surface area contributed by atoms with Crippen molar-refractivity contribution in [3.05, 3.63) is 52.5 Å². The Labute approximate surface area is 161 Å². The second-order valence-corrected chi connectivity index (χ2v) is 7.38. The minimum Gasteiger partial charge on any atom is -0.486 e. The van der Waals surface area contributed by atoms with Crippen molar-refractivity contribution < 1.29 is 14.3 Å². The quantitative estimate of drug-likeness (QED) is 0.818. The van der Waals surface area contributed by atoms with Gasteiger partial charge in [-0.25, -0.2) is 0 Å². The Morgan fingerprint density at radius 2 is 1.69 bits per heavy atom. The molecule has 1 N–H and O–H groups in total. The highest BCUT2D eigenvalue weighted by Crippen LogP contribution is 2.38. The molecule has 1 unspecified atom stereocenters. The largest absolute Gasteiger partial charge is 0.486 e. The van der Waals surface area contributed by atoms with E-state index in [0.29, 0.717) is 30.4 Å². The number of amides is 1. The fraction of sp³-hybridized carbons (Fsp3) is 0.350. The Balaban J connectivity index is 1.60. The van der Waals surface area contributed by atoms with Crippen LogP contribution in [0.25, 0.3) is 0 Å². The van der Waals surface area contributed by atoms with Gasteiger partial charge in [-0.3, -0.25) is 9.69 Å². The van der Waals surface area contributed by atoms with Gasteiger partial charge in [0.25, 0.3) is 0 Å². The molecule has 0 bridgehead atoms. The number of rotatable bonds is 4. The van der Waals surface area contributed by atoms with Crippen LogP contribution in [0.5, 0.6) is 11.5 Å². The van der Waals surface area contributed by atoms with Crippen molar-refractivity contribution in [3.8, 4) is 11.5 Å². The molecule has 1 saturated heterocycles. The van der Waals surface area contributed by atoms with Crippen LogP contribution in [-0.2, 0) is 4.79 Å². The SMILES string of the molecule is O=C(Nc1cc2c(cc1Br)OCCO2)C(c1ccccc1)N1CCCC1. The molecule has 2 aliphatic heterocycles. The first-order chi connectivity index (χ1) is 12.7. The van der Waals surface area contributed by atoms with Crippen LogP contribution >= 0.6 is 15.9 Å². The third kappa shape index (κ3) is 3.57. The summed E-state index contributed by atoms with van der Waals surface area (Å²) in [5.41, 5.74) is 1.71. The van der Waals surface area contributed by atoms with E-state index in [1.807, 2.05) is 42.5 Å². The Morgan fingerprint density at radius 1 is 1.04 bits per heavy atom. The molecular weight excluding hydrogens is 396 g/mol. The van der Waals surface area contributed by atoms with E-state index in [1.165, 1.54) is 0 Å². The molecule has 1 atom stereocenters. The van der Waals surface area contributed by atoms with Crippen LogP contribution in [0.15, 0.2) is 46.9 Å². The zero-order valence-electron chi connectivity index (χ0n) is 14.4. The molecule has 26 heavy (non-hydrogen) atoms. The van der Waals surface area contributed by atoms with Gasteiger partial charge >= 0.3 is 0 Å². The molecule has 2 aliphatic rings. The van der Waals surface area contributed by atoms with Gasteiger partial charge in [-0.05, 0) is 47.4 Å². The summed E-state index contributed by atoms with van der Waals surface area (Å²) in [7, 11) is 0.